The summed E-state index contributed by atoms with van der Waals surface area (Å²) >= 11 is 3.27. The Morgan fingerprint density at radius 1 is 1.13 bits per heavy atom. The monoisotopic (exact) mass is 438 g/mol. The molecule has 0 aliphatic heterocycles. The number of hydrogen-bond acceptors (Lipinski definition) is 9. The molecule has 0 fully saturated rings. The van der Waals surface area contributed by atoms with E-state index in [1.165, 1.54) is 11.1 Å². The van der Waals surface area contributed by atoms with Gasteiger partial charge >= 0.3 is 0 Å². The van der Waals surface area contributed by atoms with Gasteiger partial charge in [-0.15, -0.1) is 10.2 Å². The van der Waals surface area contributed by atoms with E-state index in [9.17, 15) is 0 Å². The van der Waals surface area contributed by atoms with E-state index in [2.05, 4.69) is 62.7 Å². The Kier molecular flexibility index (Phi) is 6.70. The predicted octanol–water partition coefficient (Wildman–Crippen LogP) is 5.32. The number of pyridine rings is 1. The van der Waals surface area contributed by atoms with Gasteiger partial charge in [-0.3, -0.25) is 4.98 Å². The van der Waals surface area contributed by atoms with Gasteiger partial charge in [0.05, 0.1) is 0 Å². The zero-order valence-corrected chi connectivity index (χ0v) is 18.5. The van der Waals surface area contributed by atoms with Crippen LogP contribution in [-0.2, 0) is 12.8 Å². The highest BCUT2D eigenvalue weighted by Gasteiger charge is 2.11. The van der Waals surface area contributed by atoms with E-state index >= 15 is 0 Å². The molecule has 0 aliphatic rings. The fourth-order valence-corrected chi connectivity index (χ4v) is 4.75. The highest BCUT2D eigenvalue weighted by molar-refractivity contribution is 8.01. The second-order valence-electron chi connectivity index (χ2n) is 6.66. The van der Waals surface area contributed by atoms with Crippen LogP contribution in [0.5, 0.6) is 0 Å². The molecule has 3 heterocycles. The standard InChI is InChI=1S/C21H22N6OS2/c1-3-15-7-4-6-14(2)18(15)24-20-25-26-21(30-20)29-13-5-8-17-23-19(27-28-17)16-9-11-22-12-10-16/h4,6-7,9-12H,3,5,8,13H2,1-2H3,(H,24,25). The fraction of sp³-hybridized carbons (Fsp3) is 0.286. The van der Waals surface area contributed by atoms with Crippen molar-refractivity contribution in [3.8, 4) is 11.4 Å². The zero-order chi connectivity index (χ0) is 20.8. The van der Waals surface area contributed by atoms with E-state index in [0.717, 1.165) is 45.7 Å². The van der Waals surface area contributed by atoms with Crippen molar-refractivity contribution in [1.29, 1.82) is 0 Å². The van der Waals surface area contributed by atoms with E-state index in [4.69, 9.17) is 4.52 Å². The Morgan fingerprint density at radius 3 is 2.83 bits per heavy atom. The number of hydrogen-bond donors (Lipinski definition) is 1. The van der Waals surface area contributed by atoms with Crippen molar-refractivity contribution in [2.75, 3.05) is 11.1 Å². The lowest BCUT2D eigenvalue weighted by molar-refractivity contribution is 0.378. The number of thioether (sulfide) groups is 1. The van der Waals surface area contributed by atoms with Gasteiger partial charge in [-0.2, -0.15) is 4.98 Å². The number of rotatable bonds is 9. The molecule has 1 aromatic carbocycles. The Morgan fingerprint density at radius 2 is 2.00 bits per heavy atom. The average molecular weight is 439 g/mol. The molecule has 0 saturated carbocycles. The first-order valence-electron chi connectivity index (χ1n) is 9.77. The molecule has 0 aliphatic carbocycles. The molecule has 1 N–H and O–H groups in total. The molecule has 154 valence electrons. The van der Waals surface area contributed by atoms with Crippen molar-refractivity contribution in [3.63, 3.8) is 0 Å². The number of benzene rings is 1. The molecule has 0 bridgehead atoms. The zero-order valence-electron chi connectivity index (χ0n) is 16.8. The first-order valence-corrected chi connectivity index (χ1v) is 11.6. The average Bonchev–Trinajstić information content (AvgIpc) is 3.43. The molecule has 9 heteroatoms. The highest BCUT2D eigenvalue weighted by Crippen LogP contribution is 2.31. The SMILES string of the molecule is CCc1cccc(C)c1Nc1nnc(SCCCc2nc(-c3ccncc3)no2)s1. The van der Waals surface area contributed by atoms with Crippen molar-refractivity contribution in [1.82, 2.24) is 25.3 Å². The normalized spacial score (nSPS) is 11.0. The molecule has 0 amide bonds. The number of nitrogens with zero attached hydrogens (tertiary/aromatic N) is 5. The summed E-state index contributed by atoms with van der Waals surface area (Å²) in [4.78, 5) is 8.45. The van der Waals surface area contributed by atoms with Gasteiger partial charge in [-0.05, 0) is 43.0 Å². The summed E-state index contributed by atoms with van der Waals surface area (Å²) in [5.41, 5.74) is 4.53. The van der Waals surface area contributed by atoms with Crippen molar-refractivity contribution < 1.29 is 4.52 Å². The molecule has 0 spiro atoms. The third-order valence-corrected chi connectivity index (χ3v) is 6.60. The molecule has 4 rings (SSSR count). The summed E-state index contributed by atoms with van der Waals surface area (Å²) < 4.78 is 6.30. The minimum absolute atomic E-state index is 0.600. The van der Waals surface area contributed by atoms with Crippen molar-refractivity contribution in [2.45, 2.75) is 37.4 Å². The maximum Gasteiger partial charge on any atom is 0.226 e. The Bertz CT molecular complexity index is 1100. The number of anilines is 2. The molecule has 0 radical (unpaired) electrons. The first-order chi connectivity index (χ1) is 14.7. The van der Waals surface area contributed by atoms with E-state index in [1.54, 1.807) is 35.5 Å². The molecule has 0 atom stereocenters. The lowest BCUT2D eigenvalue weighted by Gasteiger charge is -2.11. The summed E-state index contributed by atoms with van der Waals surface area (Å²) in [6.07, 6.45) is 6.06. The lowest BCUT2D eigenvalue weighted by atomic mass is 10.1. The Labute approximate surface area is 183 Å². The van der Waals surface area contributed by atoms with E-state index in [1.807, 2.05) is 12.1 Å². The second-order valence-corrected chi connectivity index (χ2v) is 8.98. The maximum atomic E-state index is 5.35. The van der Waals surface area contributed by atoms with Crippen LogP contribution in [0.15, 0.2) is 51.6 Å². The Hall–Kier alpha value is -2.78. The maximum absolute atomic E-state index is 5.35. The van der Waals surface area contributed by atoms with Gasteiger partial charge in [-0.25, -0.2) is 0 Å². The number of nitrogens with one attached hydrogen (secondary N) is 1. The second kappa shape index (κ2) is 9.82. The lowest BCUT2D eigenvalue weighted by Crippen LogP contribution is -1.97. The molecular formula is C21H22N6OS2. The molecule has 3 aromatic heterocycles. The van der Waals surface area contributed by atoms with Crippen LogP contribution in [0.2, 0.25) is 0 Å². The third-order valence-electron chi connectivity index (χ3n) is 4.55. The van der Waals surface area contributed by atoms with Crippen LogP contribution in [0.25, 0.3) is 11.4 Å². The van der Waals surface area contributed by atoms with Gasteiger partial charge in [0.2, 0.25) is 16.8 Å². The minimum Gasteiger partial charge on any atom is -0.339 e. The van der Waals surface area contributed by atoms with Gasteiger partial charge in [-0.1, -0.05) is 53.4 Å². The minimum atomic E-state index is 0.600. The number of aryl methyl sites for hydroxylation is 3. The first kappa shape index (κ1) is 20.5. The topological polar surface area (TPSA) is 89.6 Å². The summed E-state index contributed by atoms with van der Waals surface area (Å²) in [5.74, 6) is 2.16. The third kappa shape index (κ3) is 5.03. The van der Waals surface area contributed by atoms with Gasteiger partial charge in [0.15, 0.2) is 4.34 Å². The van der Waals surface area contributed by atoms with Gasteiger partial charge in [0, 0.05) is 35.8 Å². The van der Waals surface area contributed by atoms with Gasteiger partial charge in [0.25, 0.3) is 0 Å². The van der Waals surface area contributed by atoms with E-state index in [0.29, 0.717) is 11.7 Å². The van der Waals surface area contributed by atoms with Crippen LogP contribution >= 0.6 is 23.1 Å². The van der Waals surface area contributed by atoms with Crippen molar-refractivity contribution in [3.05, 3.63) is 59.7 Å². The number of para-hydroxylation sites is 1. The Balaban J connectivity index is 1.27. The molecular weight excluding hydrogens is 416 g/mol. The van der Waals surface area contributed by atoms with Crippen LogP contribution in [0.1, 0.15) is 30.4 Å². The summed E-state index contributed by atoms with van der Waals surface area (Å²) in [5, 5.41) is 16.9. The smallest absolute Gasteiger partial charge is 0.226 e. The molecule has 4 aromatic rings. The molecule has 30 heavy (non-hydrogen) atoms. The molecule has 0 unspecified atom stereocenters. The van der Waals surface area contributed by atoms with Crippen molar-refractivity contribution >= 4 is 33.9 Å². The summed E-state index contributed by atoms with van der Waals surface area (Å²) in [7, 11) is 0. The summed E-state index contributed by atoms with van der Waals surface area (Å²) in [6, 6.07) is 10.1. The van der Waals surface area contributed by atoms with E-state index < -0.39 is 0 Å². The fourth-order valence-electron chi connectivity index (χ4n) is 2.99. The van der Waals surface area contributed by atoms with Crippen LogP contribution in [0.3, 0.4) is 0 Å². The van der Waals surface area contributed by atoms with Crippen LogP contribution in [0.4, 0.5) is 10.8 Å². The quantitative estimate of drug-likeness (QED) is 0.277. The molecule has 7 nitrogen and oxygen atoms in total. The van der Waals surface area contributed by atoms with Gasteiger partial charge < -0.3 is 9.84 Å². The highest BCUT2D eigenvalue weighted by atomic mass is 32.2. The van der Waals surface area contributed by atoms with Crippen LogP contribution in [-0.4, -0.2) is 31.1 Å². The van der Waals surface area contributed by atoms with Gasteiger partial charge in [0.1, 0.15) is 0 Å². The predicted molar refractivity (Wildman–Crippen MR) is 120 cm³/mol. The summed E-state index contributed by atoms with van der Waals surface area (Å²) in [6.45, 7) is 4.26. The molecule has 0 saturated heterocycles. The van der Waals surface area contributed by atoms with Crippen LogP contribution < -0.4 is 5.32 Å². The largest absolute Gasteiger partial charge is 0.339 e. The van der Waals surface area contributed by atoms with E-state index in [-0.39, 0.29) is 0 Å². The number of aromatic nitrogens is 5. The van der Waals surface area contributed by atoms with Crippen molar-refractivity contribution in [2.24, 2.45) is 0 Å². The van der Waals surface area contributed by atoms with Crippen LogP contribution in [0, 0.1) is 6.92 Å².